The Labute approximate surface area is 135 Å². The first kappa shape index (κ1) is 15.6. The molecule has 1 amide bonds. The fourth-order valence-electron chi connectivity index (χ4n) is 3.08. The molecule has 2 N–H and O–H groups in total. The van der Waals surface area contributed by atoms with Crippen molar-refractivity contribution in [3.05, 3.63) is 30.0 Å². The first-order valence-corrected chi connectivity index (χ1v) is 7.78. The van der Waals surface area contributed by atoms with Gasteiger partial charge in [-0.05, 0) is 31.2 Å². The average molecular weight is 314 g/mol. The summed E-state index contributed by atoms with van der Waals surface area (Å²) in [6.07, 6.45) is 0. The number of pyridine rings is 1. The summed E-state index contributed by atoms with van der Waals surface area (Å²) in [5, 5.41) is 1.10. The van der Waals surface area contributed by atoms with Crippen LogP contribution in [0.15, 0.2) is 24.3 Å². The third kappa shape index (κ3) is 3.22. The number of ether oxygens (including phenoxy) is 1. The number of carbonyl (C=O) groups is 1. The van der Waals surface area contributed by atoms with Gasteiger partial charge < -0.3 is 15.4 Å². The number of nitrogens with zero attached hydrogens (tertiary/aromatic N) is 3. The summed E-state index contributed by atoms with van der Waals surface area (Å²) in [7, 11) is 1.67. The van der Waals surface area contributed by atoms with E-state index < -0.39 is 0 Å². The van der Waals surface area contributed by atoms with E-state index in [2.05, 4.69) is 26.9 Å². The molecular weight excluding hydrogens is 292 g/mol. The lowest BCUT2D eigenvalue weighted by Gasteiger charge is -2.36. The van der Waals surface area contributed by atoms with E-state index in [4.69, 9.17) is 10.5 Å². The zero-order valence-electron chi connectivity index (χ0n) is 13.6. The Morgan fingerprint density at radius 2 is 1.96 bits per heavy atom. The van der Waals surface area contributed by atoms with Crippen LogP contribution in [0.2, 0.25) is 0 Å². The first-order chi connectivity index (χ1) is 11.1. The summed E-state index contributed by atoms with van der Waals surface area (Å²) < 4.78 is 5.44. The third-order valence-corrected chi connectivity index (χ3v) is 4.25. The highest BCUT2D eigenvalue weighted by molar-refractivity contribution is 5.96. The van der Waals surface area contributed by atoms with Gasteiger partial charge in [0.15, 0.2) is 0 Å². The molecule has 0 spiro atoms. The molecule has 0 aliphatic carbocycles. The molecule has 23 heavy (non-hydrogen) atoms. The van der Waals surface area contributed by atoms with Crippen LogP contribution in [0.4, 0.5) is 5.69 Å². The van der Waals surface area contributed by atoms with Crippen LogP contribution in [0.3, 0.4) is 0 Å². The zero-order chi connectivity index (χ0) is 16.4. The molecular formula is C17H22N4O2. The van der Waals surface area contributed by atoms with Gasteiger partial charge >= 0.3 is 0 Å². The van der Waals surface area contributed by atoms with Gasteiger partial charge in [-0.15, -0.1) is 0 Å². The summed E-state index contributed by atoms with van der Waals surface area (Å²) in [4.78, 5) is 20.1. The van der Waals surface area contributed by atoms with Gasteiger partial charge in [-0.3, -0.25) is 9.69 Å². The molecule has 1 aliphatic rings. The first-order valence-electron chi connectivity index (χ1n) is 7.78. The maximum absolute atomic E-state index is 11.0. The van der Waals surface area contributed by atoms with Crippen molar-refractivity contribution in [1.82, 2.24) is 9.88 Å². The van der Waals surface area contributed by atoms with E-state index >= 15 is 0 Å². The van der Waals surface area contributed by atoms with Crippen molar-refractivity contribution in [2.75, 3.05) is 44.7 Å². The number of benzene rings is 1. The van der Waals surface area contributed by atoms with Crippen molar-refractivity contribution in [3.63, 3.8) is 0 Å². The van der Waals surface area contributed by atoms with Gasteiger partial charge in [0.1, 0.15) is 11.3 Å². The molecule has 1 aromatic heterocycles. The van der Waals surface area contributed by atoms with E-state index in [1.807, 2.05) is 19.1 Å². The third-order valence-electron chi connectivity index (χ3n) is 4.25. The maximum atomic E-state index is 11.0. The standard InChI is InChI=1S/C17H22N4O2/c1-12-3-4-13-14(5-6-15(23-2)17(13)19-12)21-9-7-20(8-10-21)11-16(18)22/h3-6H,7-11H2,1-2H3,(H2,18,22). The molecule has 1 fully saturated rings. The molecule has 0 unspecified atom stereocenters. The highest BCUT2D eigenvalue weighted by atomic mass is 16.5. The van der Waals surface area contributed by atoms with Crippen LogP contribution in [-0.4, -0.2) is 55.6 Å². The van der Waals surface area contributed by atoms with Crippen molar-refractivity contribution < 1.29 is 9.53 Å². The number of methoxy groups -OCH3 is 1. The number of fused-ring (bicyclic) bond motifs is 1. The number of hydrogen-bond donors (Lipinski definition) is 1. The monoisotopic (exact) mass is 314 g/mol. The second kappa shape index (κ2) is 6.42. The Balaban J connectivity index is 1.88. The maximum Gasteiger partial charge on any atom is 0.231 e. The Hall–Kier alpha value is -2.34. The minimum absolute atomic E-state index is 0.270. The quantitative estimate of drug-likeness (QED) is 0.917. The molecule has 6 heteroatoms. The van der Waals surface area contributed by atoms with Crippen LogP contribution in [0.25, 0.3) is 10.9 Å². The smallest absolute Gasteiger partial charge is 0.231 e. The Bertz CT molecular complexity index is 724. The minimum atomic E-state index is -0.270. The number of piperazine rings is 1. The lowest BCUT2D eigenvalue weighted by Crippen LogP contribution is -2.48. The summed E-state index contributed by atoms with van der Waals surface area (Å²) in [6.45, 7) is 5.70. The second-order valence-corrected chi connectivity index (χ2v) is 5.87. The largest absolute Gasteiger partial charge is 0.494 e. The number of aromatic nitrogens is 1. The van der Waals surface area contributed by atoms with Gasteiger partial charge in [-0.2, -0.15) is 0 Å². The highest BCUT2D eigenvalue weighted by Gasteiger charge is 2.20. The number of aryl methyl sites for hydroxylation is 1. The number of rotatable bonds is 4. The van der Waals surface area contributed by atoms with Crippen LogP contribution in [0.1, 0.15) is 5.69 Å². The van der Waals surface area contributed by atoms with Crippen LogP contribution < -0.4 is 15.4 Å². The second-order valence-electron chi connectivity index (χ2n) is 5.87. The number of anilines is 1. The molecule has 3 rings (SSSR count). The van der Waals surface area contributed by atoms with Crippen molar-refractivity contribution in [2.24, 2.45) is 5.73 Å². The van der Waals surface area contributed by atoms with Crippen molar-refractivity contribution in [1.29, 1.82) is 0 Å². The lowest BCUT2D eigenvalue weighted by atomic mass is 10.1. The van der Waals surface area contributed by atoms with Gasteiger partial charge in [0.2, 0.25) is 5.91 Å². The van der Waals surface area contributed by atoms with E-state index in [0.717, 1.165) is 54.2 Å². The fraction of sp³-hybridized carbons (Fsp3) is 0.412. The summed E-state index contributed by atoms with van der Waals surface area (Å²) in [6, 6.07) is 8.18. The van der Waals surface area contributed by atoms with Crippen LogP contribution in [0, 0.1) is 6.92 Å². The highest BCUT2D eigenvalue weighted by Crippen LogP contribution is 2.33. The number of amides is 1. The van der Waals surface area contributed by atoms with E-state index in [1.165, 1.54) is 0 Å². The fourth-order valence-corrected chi connectivity index (χ4v) is 3.08. The molecule has 122 valence electrons. The molecule has 1 aliphatic heterocycles. The normalized spacial score (nSPS) is 15.8. The van der Waals surface area contributed by atoms with Crippen molar-refractivity contribution >= 4 is 22.5 Å². The SMILES string of the molecule is COc1ccc(N2CCN(CC(N)=O)CC2)c2ccc(C)nc12. The number of carbonyl (C=O) groups excluding carboxylic acids is 1. The number of hydrogen-bond acceptors (Lipinski definition) is 5. The summed E-state index contributed by atoms with van der Waals surface area (Å²) >= 11 is 0. The van der Waals surface area contributed by atoms with Crippen molar-refractivity contribution in [3.8, 4) is 5.75 Å². The summed E-state index contributed by atoms with van der Waals surface area (Å²) in [5.41, 5.74) is 8.30. The van der Waals surface area contributed by atoms with Crippen LogP contribution in [-0.2, 0) is 4.79 Å². The topological polar surface area (TPSA) is 71.7 Å². The number of nitrogens with two attached hydrogens (primary N) is 1. The Morgan fingerprint density at radius 1 is 1.22 bits per heavy atom. The minimum Gasteiger partial charge on any atom is -0.494 e. The Morgan fingerprint density at radius 3 is 2.61 bits per heavy atom. The van der Waals surface area contributed by atoms with E-state index in [9.17, 15) is 4.79 Å². The molecule has 6 nitrogen and oxygen atoms in total. The number of primary amides is 1. The van der Waals surface area contributed by atoms with Gasteiger partial charge in [0.05, 0.1) is 13.7 Å². The van der Waals surface area contributed by atoms with Gasteiger partial charge in [-0.1, -0.05) is 0 Å². The molecule has 0 saturated carbocycles. The average Bonchev–Trinajstić information content (AvgIpc) is 2.54. The van der Waals surface area contributed by atoms with Crippen LogP contribution >= 0.6 is 0 Å². The van der Waals surface area contributed by atoms with E-state index in [0.29, 0.717) is 6.54 Å². The van der Waals surface area contributed by atoms with Crippen LogP contribution in [0.5, 0.6) is 5.75 Å². The zero-order valence-corrected chi connectivity index (χ0v) is 13.6. The molecule has 0 bridgehead atoms. The molecule has 0 atom stereocenters. The van der Waals surface area contributed by atoms with Gasteiger partial charge in [-0.25, -0.2) is 4.98 Å². The van der Waals surface area contributed by atoms with E-state index in [-0.39, 0.29) is 5.91 Å². The summed E-state index contributed by atoms with van der Waals surface area (Å²) in [5.74, 6) is 0.521. The van der Waals surface area contributed by atoms with Gasteiger partial charge in [0, 0.05) is 42.9 Å². The molecule has 2 aromatic rings. The lowest BCUT2D eigenvalue weighted by molar-refractivity contribution is -0.119. The molecule has 1 aromatic carbocycles. The molecule has 2 heterocycles. The van der Waals surface area contributed by atoms with Crippen molar-refractivity contribution in [2.45, 2.75) is 6.92 Å². The predicted octanol–water partition coefficient (Wildman–Crippen LogP) is 1.16. The Kier molecular flexibility index (Phi) is 4.34. The molecule has 1 saturated heterocycles. The molecule has 0 radical (unpaired) electrons. The van der Waals surface area contributed by atoms with Gasteiger partial charge in [0.25, 0.3) is 0 Å². The van der Waals surface area contributed by atoms with E-state index in [1.54, 1.807) is 7.11 Å². The predicted molar refractivity (Wildman–Crippen MR) is 90.9 cm³/mol.